The SMILES string of the molecule is CC1(C)OB(C(N)c2ccc(F)c(Br)c2)OC1(C)C. The van der Waals surface area contributed by atoms with Crippen molar-refractivity contribution in [1.29, 1.82) is 0 Å². The zero-order valence-corrected chi connectivity index (χ0v) is 13.1. The lowest BCUT2D eigenvalue weighted by molar-refractivity contribution is 0.00578. The fraction of sp³-hybridized carbons (Fsp3) is 0.538. The van der Waals surface area contributed by atoms with Crippen LogP contribution < -0.4 is 5.73 Å². The van der Waals surface area contributed by atoms with Crippen LogP contribution in [0.15, 0.2) is 22.7 Å². The Labute approximate surface area is 121 Å². The normalized spacial score (nSPS) is 22.6. The molecular formula is C13H18BBrFNO2. The highest BCUT2D eigenvalue weighted by Crippen LogP contribution is 2.39. The lowest BCUT2D eigenvalue weighted by Crippen LogP contribution is -2.41. The molecule has 2 rings (SSSR count). The first-order chi connectivity index (χ1) is 8.64. The third-order valence-electron chi connectivity index (χ3n) is 3.89. The number of hydrogen-bond acceptors (Lipinski definition) is 3. The molecule has 1 fully saturated rings. The highest BCUT2D eigenvalue weighted by molar-refractivity contribution is 9.10. The maximum absolute atomic E-state index is 13.2. The molecule has 0 amide bonds. The van der Waals surface area contributed by atoms with Crippen molar-refractivity contribution in [2.45, 2.75) is 44.8 Å². The summed E-state index contributed by atoms with van der Waals surface area (Å²) < 4.78 is 25.4. The molecule has 1 atom stereocenters. The summed E-state index contributed by atoms with van der Waals surface area (Å²) in [7, 11) is -0.539. The highest BCUT2D eigenvalue weighted by atomic mass is 79.9. The fourth-order valence-corrected chi connectivity index (χ4v) is 2.31. The van der Waals surface area contributed by atoms with Gasteiger partial charge in [0.15, 0.2) is 0 Å². The number of rotatable bonds is 2. The Hall–Kier alpha value is -0.425. The van der Waals surface area contributed by atoms with Crippen molar-refractivity contribution in [3.63, 3.8) is 0 Å². The topological polar surface area (TPSA) is 44.5 Å². The standard InChI is InChI=1S/C13H18BBrFNO2/c1-12(2)13(3,4)19-14(18-12)11(17)8-5-6-10(16)9(15)7-8/h5-7,11H,17H2,1-4H3. The van der Waals surface area contributed by atoms with E-state index < -0.39 is 24.3 Å². The summed E-state index contributed by atoms with van der Waals surface area (Å²) in [4.78, 5) is 0. The van der Waals surface area contributed by atoms with Gasteiger partial charge in [0.1, 0.15) is 5.82 Å². The van der Waals surface area contributed by atoms with Crippen LogP contribution in [0.4, 0.5) is 4.39 Å². The van der Waals surface area contributed by atoms with Crippen LogP contribution >= 0.6 is 15.9 Å². The average molecular weight is 330 g/mol. The lowest BCUT2D eigenvalue weighted by Gasteiger charge is -2.32. The van der Waals surface area contributed by atoms with E-state index in [9.17, 15) is 4.39 Å². The maximum Gasteiger partial charge on any atom is 0.480 e. The van der Waals surface area contributed by atoms with E-state index in [1.165, 1.54) is 6.07 Å². The zero-order chi connectivity index (χ0) is 14.4. The molecule has 1 saturated heterocycles. The summed E-state index contributed by atoms with van der Waals surface area (Å²) in [6.45, 7) is 7.89. The Balaban J connectivity index is 2.22. The molecule has 0 saturated carbocycles. The Morgan fingerprint density at radius 3 is 2.21 bits per heavy atom. The van der Waals surface area contributed by atoms with Crippen molar-refractivity contribution in [1.82, 2.24) is 0 Å². The molecule has 104 valence electrons. The van der Waals surface area contributed by atoms with Gasteiger partial charge in [0, 0.05) is 0 Å². The molecule has 19 heavy (non-hydrogen) atoms. The Kier molecular flexibility index (Phi) is 3.82. The lowest BCUT2D eigenvalue weighted by atomic mass is 9.75. The summed E-state index contributed by atoms with van der Waals surface area (Å²) in [6, 6.07) is 4.69. The van der Waals surface area contributed by atoms with Gasteiger partial charge < -0.3 is 15.0 Å². The third kappa shape index (κ3) is 2.72. The molecule has 1 unspecified atom stereocenters. The van der Waals surface area contributed by atoms with E-state index in [1.54, 1.807) is 12.1 Å². The van der Waals surface area contributed by atoms with Crippen molar-refractivity contribution < 1.29 is 13.7 Å². The smallest absolute Gasteiger partial charge is 0.402 e. The maximum atomic E-state index is 13.2. The van der Waals surface area contributed by atoms with Crippen molar-refractivity contribution in [3.05, 3.63) is 34.1 Å². The van der Waals surface area contributed by atoms with Gasteiger partial charge in [-0.2, -0.15) is 0 Å². The van der Waals surface area contributed by atoms with E-state index in [4.69, 9.17) is 15.0 Å². The molecule has 3 nitrogen and oxygen atoms in total. The second kappa shape index (κ2) is 4.84. The third-order valence-corrected chi connectivity index (χ3v) is 4.50. The van der Waals surface area contributed by atoms with E-state index in [-0.39, 0.29) is 5.82 Å². The number of benzene rings is 1. The zero-order valence-electron chi connectivity index (χ0n) is 11.5. The molecule has 0 aliphatic carbocycles. The van der Waals surface area contributed by atoms with Crippen molar-refractivity contribution >= 4 is 23.0 Å². The summed E-state index contributed by atoms with van der Waals surface area (Å²) in [6.07, 6.45) is 0. The van der Waals surface area contributed by atoms with Gasteiger partial charge in [0.2, 0.25) is 0 Å². The van der Waals surface area contributed by atoms with E-state index in [1.807, 2.05) is 27.7 Å². The predicted molar refractivity (Wildman–Crippen MR) is 77.1 cm³/mol. The first-order valence-corrected chi connectivity index (χ1v) is 6.99. The molecular weight excluding hydrogens is 312 g/mol. The van der Waals surface area contributed by atoms with Crippen LogP contribution in [-0.4, -0.2) is 18.3 Å². The quantitative estimate of drug-likeness (QED) is 0.847. The Bertz CT molecular complexity index is 480. The van der Waals surface area contributed by atoms with E-state index in [0.29, 0.717) is 4.47 Å². The van der Waals surface area contributed by atoms with Gasteiger partial charge in [-0.1, -0.05) is 6.07 Å². The first-order valence-electron chi connectivity index (χ1n) is 6.20. The predicted octanol–water partition coefficient (Wildman–Crippen LogP) is 3.22. The second-order valence-corrected chi connectivity index (χ2v) is 6.68. The van der Waals surface area contributed by atoms with E-state index >= 15 is 0 Å². The first kappa shape index (κ1) is 15.0. The molecule has 0 spiro atoms. The number of nitrogens with two attached hydrogens (primary N) is 1. The molecule has 2 N–H and O–H groups in total. The van der Waals surface area contributed by atoms with Crippen molar-refractivity contribution in [2.75, 3.05) is 0 Å². The van der Waals surface area contributed by atoms with Gasteiger partial charge in [0.05, 0.1) is 21.6 Å². The molecule has 1 heterocycles. The molecule has 1 aromatic rings. The minimum atomic E-state index is -0.539. The minimum absolute atomic E-state index is 0.315. The fourth-order valence-electron chi connectivity index (χ4n) is 1.91. The highest BCUT2D eigenvalue weighted by Gasteiger charge is 2.53. The number of halogens is 2. The van der Waals surface area contributed by atoms with Crippen molar-refractivity contribution in [2.24, 2.45) is 5.73 Å². The Morgan fingerprint density at radius 2 is 1.74 bits per heavy atom. The Morgan fingerprint density at radius 1 is 1.21 bits per heavy atom. The summed E-state index contributed by atoms with van der Waals surface area (Å²) in [5, 5.41) is 0. The monoisotopic (exact) mass is 329 g/mol. The second-order valence-electron chi connectivity index (χ2n) is 5.82. The van der Waals surface area contributed by atoms with Gasteiger partial charge in [-0.15, -0.1) is 0 Å². The molecule has 0 radical (unpaired) electrons. The van der Waals surface area contributed by atoms with Crippen LogP contribution in [0.25, 0.3) is 0 Å². The van der Waals surface area contributed by atoms with Crippen molar-refractivity contribution in [3.8, 4) is 0 Å². The molecule has 6 heteroatoms. The average Bonchev–Trinajstić information content (AvgIpc) is 2.51. The molecule has 1 aliphatic rings. The van der Waals surface area contributed by atoms with Crippen LogP contribution in [0.2, 0.25) is 0 Å². The summed E-state index contributed by atoms with van der Waals surface area (Å²) in [5.74, 6) is -0.775. The van der Waals surface area contributed by atoms with Gasteiger partial charge >= 0.3 is 7.12 Å². The molecule has 0 bridgehead atoms. The van der Waals surface area contributed by atoms with Crippen LogP contribution in [0.5, 0.6) is 0 Å². The van der Waals surface area contributed by atoms with Crippen LogP contribution in [-0.2, 0) is 9.31 Å². The largest absolute Gasteiger partial charge is 0.480 e. The minimum Gasteiger partial charge on any atom is -0.402 e. The summed E-state index contributed by atoms with van der Waals surface area (Å²) >= 11 is 3.16. The van der Waals surface area contributed by atoms with Gasteiger partial charge in [0.25, 0.3) is 0 Å². The number of hydrogen-bond donors (Lipinski definition) is 1. The molecule has 0 aromatic heterocycles. The van der Waals surface area contributed by atoms with E-state index in [0.717, 1.165) is 5.56 Å². The van der Waals surface area contributed by atoms with Gasteiger partial charge in [-0.05, 0) is 61.3 Å². The summed E-state index contributed by atoms with van der Waals surface area (Å²) in [5.41, 5.74) is 6.09. The van der Waals surface area contributed by atoms with Crippen LogP contribution in [0, 0.1) is 5.82 Å². The van der Waals surface area contributed by atoms with E-state index in [2.05, 4.69) is 15.9 Å². The van der Waals surface area contributed by atoms with Gasteiger partial charge in [-0.3, -0.25) is 0 Å². The van der Waals surface area contributed by atoms with Gasteiger partial charge in [-0.25, -0.2) is 4.39 Å². The van der Waals surface area contributed by atoms with Crippen LogP contribution in [0.1, 0.15) is 39.2 Å². The van der Waals surface area contributed by atoms with Crippen LogP contribution in [0.3, 0.4) is 0 Å². The molecule has 1 aliphatic heterocycles. The molecule has 1 aromatic carbocycles.